The Bertz CT molecular complexity index is 1530. The number of carbonyl (C=O) groups is 1. The third-order valence-corrected chi connectivity index (χ3v) is 13.9. The summed E-state index contributed by atoms with van der Waals surface area (Å²) in [5.41, 5.74) is 0. The van der Waals surface area contributed by atoms with E-state index < -0.39 is 32.7 Å². The molecule has 0 aromatic carbocycles. The van der Waals surface area contributed by atoms with E-state index in [9.17, 15) is 24.5 Å². The van der Waals surface area contributed by atoms with Crippen LogP contribution in [0.5, 0.6) is 0 Å². The van der Waals surface area contributed by atoms with Gasteiger partial charge in [-0.15, -0.1) is 0 Å². The molecule has 0 aliphatic rings. The summed E-state index contributed by atoms with van der Waals surface area (Å²) in [7, 11) is 1.09. The Kier molecular flexibility index (Phi) is 50.9. The second-order valence-corrected chi connectivity index (χ2v) is 22.5. The monoisotopic (exact) mass is 1040 g/mol. The first kappa shape index (κ1) is 70.4. The minimum absolute atomic E-state index is 0.0525. The molecule has 0 spiro atoms. The van der Waals surface area contributed by atoms with Crippen molar-refractivity contribution in [2.75, 3.05) is 40.9 Å². The first-order valence-electron chi connectivity index (χ1n) is 29.6. The highest BCUT2D eigenvalue weighted by atomic mass is 31.2. The van der Waals surface area contributed by atoms with Gasteiger partial charge in [0.25, 0.3) is 7.82 Å². The van der Waals surface area contributed by atoms with Crippen LogP contribution in [0.1, 0.15) is 239 Å². The number of phosphoric acid groups is 1. The lowest BCUT2D eigenvalue weighted by atomic mass is 10.0. The molecule has 0 aliphatic heterocycles. The van der Waals surface area contributed by atoms with Gasteiger partial charge in [0.05, 0.1) is 39.9 Å². The quantitative estimate of drug-likeness (QED) is 0.0240. The Morgan fingerprint density at radius 3 is 1.33 bits per heavy atom. The number of aliphatic hydroxyl groups is 2. The van der Waals surface area contributed by atoms with Gasteiger partial charge in [-0.3, -0.25) is 9.36 Å². The minimum Gasteiger partial charge on any atom is -0.756 e. The summed E-state index contributed by atoms with van der Waals surface area (Å²) < 4.78 is 23.2. The van der Waals surface area contributed by atoms with E-state index in [4.69, 9.17) is 9.05 Å². The van der Waals surface area contributed by atoms with Gasteiger partial charge >= 0.3 is 0 Å². The zero-order chi connectivity index (χ0) is 53.6. The highest BCUT2D eigenvalue weighted by molar-refractivity contribution is 7.45. The Morgan fingerprint density at radius 2 is 0.890 bits per heavy atom. The van der Waals surface area contributed by atoms with Crippen molar-refractivity contribution in [2.45, 2.75) is 257 Å². The third-order valence-electron chi connectivity index (χ3n) is 12.9. The van der Waals surface area contributed by atoms with Crippen molar-refractivity contribution in [3.63, 3.8) is 0 Å². The maximum absolute atomic E-state index is 13.0. The van der Waals surface area contributed by atoms with Gasteiger partial charge in [0, 0.05) is 6.42 Å². The fraction of sp³-hybridized carbons (Fsp3) is 0.730. The van der Waals surface area contributed by atoms with Gasteiger partial charge in [-0.05, 0) is 103 Å². The molecule has 9 nitrogen and oxygen atoms in total. The summed E-state index contributed by atoms with van der Waals surface area (Å²) in [4.78, 5) is 25.5. The van der Waals surface area contributed by atoms with Gasteiger partial charge in [0.15, 0.2) is 0 Å². The van der Waals surface area contributed by atoms with Crippen molar-refractivity contribution in [3.8, 4) is 0 Å². The number of rotatable bonds is 53. The van der Waals surface area contributed by atoms with Crippen LogP contribution in [0.25, 0.3) is 0 Å². The summed E-state index contributed by atoms with van der Waals surface area (Å²) >= 11 is 0. The first-order valence-corrected chi connectivity index (χ1v) is 31.1. The predicted octanol–water partition coefficient (Wildman–Crippen LogP) is 16.5. The maximum atomic E-state index is 13.0. The van der Waals surface area contributed by atoms with Gasteiger partial charge in [-0.2, -0.15) is 0 Å². The maximum Gasteiger partial charge on any atom is 0.268 e. The van der Waals surface area contributed by atoms with Crippen LogP contribution in [0.15, 0.2) is 97.2 Å². The van der Waals surface area contributed by atoms with E-state index in [0.717, 1.165) is 83.5 Å². The highest BCUT2D eigenvalue weighted by Gasteiger charge is 2.29. The van der Waals surface area contributed by atoms with Crippen LogP contribution in [0.3, 0.4) is 0 Å². The molecule has 0 aromatic rings. The first-order chi connectivity index (χ1) is 35.4. The van der Waals surface area contributed by atoms with Crippen LogP contribution >= 0.6 is 7.82 Å². The molecule has 4 unspecified atom stereocenters. The van der Waals surface area contributed by atoms with Crippen molar-refractivity contribution < 1.29 is 38.0 Å². The Labute approximate surface area is 450 Å². The number of phosphoric ester groups is 1. The van der Waals surface area contributed by atoms with Crippen LogP contribution in [0.4, 0.5) is 0 Å². The second-order valence-electron chi connectivity index (χ2n) is 21.1. The molecule has 4 atom stereocenters. The van der Waals surface area contributed by atoms with Gasteiger partial charge in [-0.25, -0.2) is 0 Å². The SMILES string of the molecule is C/C=C/CC/C=C/CC/C=C/CCCC(O)C(O)C(COP(=O)([O-])OCC[N+](C)(C)C)NC(=O)CCCCCCCCCCCCCCCCCCCCCCC/C=C\C/C=C\C/C=C\C/C=C\C/C=C\CC. The number of amides is 1. The minimum atomic E-state index is -4.69. The summed E-state index contributed by atoms with van der Waals surface area (Å²) in [6.45, 7) is 4.08. The number of hydrogen-bond acceptors (Lipinski definition) is 7. The molecule has 0 bridgehead atoms. The standard InChI is InChI=1S/C63H113N2O7P/c1-6-8-10-12-14-16-18-20-21-22-23-24-25-26-27-28-29-30-31-32-33-34-35-36-37-38-39-40-41-42-43-44-46-48-50-52-54-56-62(67)64-60(59-72-73(69,70)71-58-57-65(3,4)5)63(68)61(66)55-53-51-49-47-45-19-17-15-13-11-9-7-2/h7-10,14-17,20-21,23-24,26-27,47,49,60-61,63,66,68H,6,11-13,18-19,22,25,28-46,48,50-59H2,1-5H3,(H-,64,67,69,70)/b9-7+,10-8-,16-14-,17-15+,21-20-,24-23-,27-26-,49-47+. The Balaban J connectivity index is 4.03. The van der Waals surface area contributed by atoms with Crippen molar-refractivity contribution in [1.82, 2.24) is 5.32 Å². The fourth-order valence-corrected chi connectivity index (χ4v) is 9.04. The van der Waals surface area contributed by atoms with Crippen LogP contribution in [0, 0.1) is 0 Å². The van der Waals surface area contributed by atoms with Crippen LogP contribution in [-0.2, 0) is 18.4 Å². The number of nitrogens with one attached hydrogen (secondary N) is 1. The average Bonchev–Trinajstić information content (AvgIpc) is 3.35. The fourth-order valence-electron chi connectivity index (χ4n) is 8.32. The van der Waals surface area contributed by atoms with E-state index in [1.165, 1.54) is 116 Å². The van der Waals surface area contributed by atoms with Crippen molar-refractivity contribution in [2.24, 2.45) is 0 Å². The predicted molar refractivity (Wildman–Crippen MR) is 312 cm³/mol. The highest BCUT2D eigenvalue weighted by Crippen LogP contribution is 2.38. The summed E-state index contributed by atoms with van der Waals surface area (Å²) in [5, 5.41) is 24.7. The molecule has 73 heavy (non-hydrogen) atoms. The molecule has 0 saturated carbocycles. The topological polar surface area (TPSA) is 128 Å². The van der Waals surface area contributed by atoms with E-state index in [1.807, 2.05) is 28.1 Å². The van der Waals surface area contributed by atoms with Gasteiger partial charge < -0.3 is 34.0 Å². The van der Waals surface area contributed by atoms with E-state index in [-0.39, 0.29) is 18.9 Å². The Morgan fingerprint density at radius 1 is 0.521 bits per heavy atom. The molecular weight excluding hydrogens is 928 g/mol. The molecular formula is C63H113N2O7P. The number of carbonyl (C=O) groups excluding carboxylic acids is 1. The number of quaternary nitrogens is 1. The number of likely N-dealkylation sites (N-methyl/N-ethyl adjacent to an activating group) is 1. The molecule has 1 amide bonds. The number of unbranched alkanes of at least 4 members (excludes halogenated alkanes) is 24. The molecule has 3 N–H and O–H groups in total. The van der Waals surface area contributed by atoms with Gasteiger partial charge in [-0.1, -0.05) is 226 Å². The lowest BCUT2D eigenvalue weighted by Gasteiger charge is -2.31. The smallest absolute Gasteiger partial charge is 0.268 e. The van der Waals surface area contributed by atoms with Crippen LogP contribution < -0.4 is 10.2 Å². The third kappa shape index (κ3) is 54.0. The second kappa shape index (κ2) is 52.8. The molecule has 0 saturated heterocycles. The van der Waals surface area contributed by atoms with E-state index >= 15 is 0 Å². The molecule has 10 heteroatoms. The number of allylic oxidation sites excluding steroid dienone is 16. The van der Waals surface area contributed by atoms with Crippen LogP contribution in [0.2, 0.25) is 0 Å². The molecule has 0 fully saturated rings. The van der Waals surface area contributed by atoms with E-state index in [2.05, 4.69) is 109 Å². The molecule has 0 heterocycles. The summed E-state index contributed by atoms with van der Waals surface area (Å²) in [6.07, 6.45) is 72.3. The molecule has 422 valence electrons. The van der Waals surface area contributed by atoms with Crippen molar-refractivity contribution >= 4 is 13.7 Å². The van der Waals surface area contributed by atoms with E-state index in [1.54, 1.807) is 0 Å². The normalized spacial score (nSPS) is 15.0. The summed E-state index contributed by atoms with van der Waals surface area (Å²) in [5.74, 6) is -0.295. The van der Waals surface area contributed by atoms with Crippen molar-refractivity contribution in [1.29, 1.82) is 0 Å². The van der Waals surface area contributed by atoms with Crippen molar-refractivity contribution in [3.05, 3.63) is 97.2 Å². The van der Waals surface area contributed by atoms with Crippen LogP contribution in [-0.4, -0.2) is 79.8 Å². The molecule has 0 aromatic heterocycles. The van der Waals surface area contributed by atoms with Gasteiger partial charge in [0.2, 0.25) is 5.91 Å². The number of aliphatic hydroxyl groups excluding tert-OH is 2. The summed E-state index contributed by atoms with van der Waals surface area (Å²) in [6, 6.07) is -1.10. The lowest BCUT2D eigenvalue weighted by molar-refractivity contribution is -0.870. The molecule has 0 rings (SSSR count). The zero-order valence-corrected chi connectivity index (χ0v) is 48.6. The zero-order valence-electron chi connectivity index (χ0n) is 47.7. The molecule has 0 aliphatic carbocycles. The molecule has 0 radical (unpaired) electrons. The largest absolute Gasteiger partial charge is 0.756 e. The number of nitrogens with zero attached hydrogens (tertiary/aromatic N) is 1. The van der Waals surface area contributed by atoms with E-state index in [0.29, 0.717) is 30.3 Å². The van der Waals surface area contributed by atoms with Gasteiger partial charge in [0.1, 0.15) is 19.3 Å². The lowest BCUT2D eigenvalue weighted by Crippen LogP contribution is -2.51. The Hall–Kier alpha value is -2.62. The average molecular weight is 1040 g/mol. The number of hydrogen-bond donors (Lipinski definition) is 3.